The first-order valence-corrected chi connectivity index (χ1v) is 7.05. The van der Waals surface area contributed by atoms with Gasteiger partial charge in [0.1, 0.15) is 10.6 Å². The van der Waals surface area contributed by atoms with E-state index in [9.17, 15) is 5.11 Å². The molecule has 2 heterocycles. The predicted octanol–water partition coefficient (Wildman–Crippen LogP) is 3.54. The van der Waals surface area contributed by atoms with Gasteiger partial charge < -0.3 is 9.63 Å². The molecule has 0 bridgehead atoms. The third kappa shape index (κ3) is 3.23. The van der Waals surface area contributed by atoms with Crippen LogP contribution in [0.3, 0.4) is 0 Å². The molecule has 0 saturated heterocycles. The molecule has 0 saturated carbocycles. The molecular weight excluding hydrogens is 256 g/mol. The predicted molar refractivity (Wildman–Crippen MR) is 70.3 cm³/mol. The van der Waals surface area contributed by atoms with E-state index in [-0.39, 0.29) is 10.5 Å². The second kappa shape index (κ2) is 4.70. The van der Waals surface area contributed by atoms with Gasteiger partial charge in [0.15, 0.2) is 5.82 Å². The molecule has 0 aliphatic rings. The summed E-state index contributed by atoms with van der Waals surface area (Å²) in [5.74, 6) is 1.95. The highest BCUT2D eigenvalue weighted by molar-refractivity contribution is 7.99. The van der Waals surface area contributed by atoms with Crippen LogP contribution in [-0.4, -0.2) is 20.0 Å². The lowest BCUT2D eigenvalue weighted by Crippen LogP contribution is -2.07. The Balaban J connectivity index is 2.09. The topological polar surface area (TPSA) is 59.2 Å². The molecule has 0 aromatic carbocycles. The molecular formula is C11H14N2O2S2. The Morgan fingerprint density at radius 3 is 2.82 bits per heavy atom. The molecule has 92 valence electrons. The zero-order valence-electron chi connectivity index (χ0n) is 9.93. The molecule has 2 rings (SSSR count). The average molecular weight is 270 g/mol. The van der Waals surface area contributed by atoms with Crippen LogP contribution in [0.2, 0.25) is 0 Å². The molecule has 0 atom stereocenters. The lowest BCUT2D eigenvalue weighted by Gasteiger charge is -2.15. The second-order valence-corrected chi connectivity index (χ2v) is 7.27. The SMILES string of the molecule is CC(C)(C)SCc1noc(-c2sccc2O)n1. The smallest absolute Gasteiger partial charge is 0.271 e. The van der Waals surface area contributed by atoms with Gasteiger partial charge in [-0.1, -0.05) is 25.9 Å². The highest BCUT2D eigenvalue weighted by Gasteiger charge is 2.16. The molecule has 0 unspecified atom stereocenters. The molecule has 1 N–H and O–H groups in total. The van der Waals surface area contributed by atoms with Crippen molar-refractivity contribution in [3.63, 3.8) is 0 Å². The summed E-state index contributed by atoms with van der Waals surface area (Å²) in [7, 11) is 0. The largest absolute Gasteiger partial charge is 0.506 e. The highest BCUT2D eigenvalue weighted by atomic mass is 32.2. The number of hydrogen-bond donors (Lipinski definition) is 1. The third-order valence-electron chi connectivity index (χ3n) is 1.94. The van der Waals surface area contributed by atoms with Crippen molar-refractivity contribution in [1.29, 1.82) is 0 Å². The van der Waals surface area contributed by atoms with Crippen LogP contribution in [0.25, 0.3) is 10.8 Å². The van der Waals surface area contributed by atoms with Crippen molar-refractivity contribution in [3.8, 4) is 16.5 Å². The Bertz CT molecular complexity index is 500. The number of nitrogens with zero attached hydrogens (tertiary/aromatic N) is 2. The van der Waals surface area contributed by atoms with Crippen molar-refractivity contribution in [2.75, 3.05) is 0 Å². The summed E-state index contributed by atoms with van der Waals surface area (Å²) in [6.07, 6.45) is 0. The van der Waals surface area contributed by atoms with E-state index in [4.69, 9.17) is 4.52 Å². The van der Waals surface area contributed by atoms with Gasteiger partial charge in [-0.3, -0.25) is 0 Å². The first-order chi connectivity index (χ1) is 7.96. The fourth-order valence-electron chi connectivity index (χ4n) is 1.15. The van der Waals surface area contributed by atoms with Gasteiger partial charge in [0.25, 0.3) is 5.89 Å². The summed E-state index contributed by atoms with van der Waals surface area (Å²) in [4.78, 5) is 4.90. The first-order valence-electron chi connectivity index (χ1n) is 5.19. The molecule has 0 amide bonds. The minimum atomic E-state index is 0.172. The molecule has 0 aliphatic heterocycles. The van der Waals surface area contributed by atoms with Crippen LogP contribution in [0.5, 0.6) is 5.75 Å². The van der Waals surface area contributed by atoms with Crippen LogP contribution in [0.15, 0.2) is 16.0 Å². The number of aromatic nitrogens is 2. The van der Waals surface area contributed by atoms with E-state index in [1.807, 2.05) is 0 Å². The average Bonchev–Trinajstić information content (AvgIpc) is 2.81. The van der Waals surface area contributed by atoms with E-state index in [1.54, 1.807) is 23.2 Å². The van der Waals surface area contributed by atoms with E-state index in [1.165, 1.54) is 11.3 Å². The van der Waals surface area contributed by atoms with Gasteiger partial charge in [-0.25, -0.2) is 0 Å². The normalized spacial score (nSPS) is 11.9. The number of thiophene rings is 1. The van der Waals surface area contributed by atoms with Gasteiger partial charge in [-0.15, -0.1) is 23.1 Å². The van der Waals surface area contributed by atoms with Crippen LogP contribution in [-0.2, 0) is 5.75 Å². The number of aromatic hydroxyl groups is 1. The quantitative estimate of drug-likeness (QED) is 0.924. The van der Waals surface area contributed by atoms with Crippen molar-refractivity contribution >= 4 is 23.1 Å². The van der Waals surface area contributed by atoms with Crippen molar-refractivity contribution in [1.82, 2.24) is 10.1 Å². The van der Waals surface area contributed by atoms with Crippen molar-refractivity contribution in [3.05, 3.63) is 17.3 Å². The van der Waals surface area contributed by atoms with Gasteiger partial charge in [-0.2, -0.15) is 4.98 Å². The molecule has 0 aliphatic carbocycles. The maximum atomic E-state index is 9.55. The molecule has 6 heteroatoms. The lowest BCUT2D eigenvalue weighted by molar-refractivity contribution is 0.421. The fraction of sp³-hybridized carbons (Fsp3) is 0.455. The Hall–Kier alpha value is -1.01. The van der Waals surface area contributed by atoms with E-state index < -0.39 is 0 Å². The Morgan fingerprint density at radius 1 is 1.47 bits per heavy atom. The zero-order chi connectivity index (χ0) is 12.5. The molecule has 2 aromatic rings. The van der Waals surface area contributed by atoms with Gasteiger partial charge in [-0.05, 0) is 11.4 Å². The van der Waals surface area contributed by atoms with Crippen LogP contribution in [0, 0.1) is 0 Å². The van der Waals surface area contributed by atoms with E-state index in [2.05, 4.69) is 30.9 Å². The monoisotopic (exact) mass is 270 g/mol. The number of rotatable bonds is 3. The van der Waals surface area contributed by atoms with Crippen molar-refractivity contribution in [2.45, 2.75) is 31.3 Å². The lowest BCUT2D eigenvalue weighted by atomic mass is 10.3. The standard InChI is InChI=1S/C11H14N2O2S2/c1-11(2,3)17-6-8-12-10(15-13-8)9-7(14)4-5-16-9/h4-5,14H,6H2,1-3H3. The van der Waals surface area contributed by atoms with Gasteiger partial charge in [0, 0.05) is 4.75 Å². The third-order valence-corrected chi connectivity index (χ3v) is 4.10. The van der Waals surface area contributed by atoms with Crippen LogP contribution in [0.1, 0.15) is 26.6 Å². The fourth-order valence-corrected chi connectivity index (χ4v) is 2.53. The molecule has 4 nitrogen and oxygen atoms in total. The number of hydrogen-bond acceptors (Lipinski definition) is 6. The molecule has 17 heavy (non-hydrogen) atoms. The molecule has 0 spiro atoms. The summed E-state index contributed by atoms with van der Waals surface area (Å²) in [6.45, 7) is 6.43. The van der Waals surface area contributed by atoms with E-state index >= 15 is 0 Å². The van der Waals surface area contributed by atoms with E-state index in [0.717, 1.165) is 0 Å². The highest BCUT2D eigenvalue weighted by Crippen LogP contribution is 2.34. The Kier molecular flexibility index (Phi) is 3.44. The van der Waals surface area contributed by atoms with Crippen LogP contribution in [0.4, 0.5) is 0 Å². The van der Waals surface area contributed by atoms with Crippen LogP contribution < -0.4 is 0 Å². The Labute approximate surface area is 108 Å². The first kappa shape index (κ1) is 12.4. The summed E-state index contributed by atoms with van der Waals surface area (Å²) in [6, 6.07) is 1.62. The minimum absolute atomic E-state index is 0.172. The van der Waals surface area contributed by atoms with Gasteiger partial charge in [0.2, 0.25) is 0 Å². The molecule has 2 aromatic heterocycles. The van der Waals surface area contributed by atoms with Gasteiger partial charge in [0.05, 0.1) is 5.75 Å². The molecule has 0 fully saturated rings. The van der Waals surface area contributed by atoms with E-state index in [0.29, 0.717) is 22.3 Å². The maximum absolute atomic E-state index is 9.55. The number of thioether (sulfide) groups is 1. The van der Waals surface area contributed by atoms with Crippen molar-refractivity contribution in [2.24, 2.45) is 0 Å². The second-order valence-electron chi connectivity index (χ2n) is 4.55. The summed E-state index contributed by atoms with van der Waals surface area (Å²) >= 11 is 3.14. The minimum Gasteiger partial charge on any atom is -0.506 e. The Morgan fingerprint density at radius 2 is 2.24 bits per heavy atom. The van der Waals surface area contributed by atoms with Crippen molar-refractivity contribution < 1.29 is 9.63 Å². The molecule has 0 radical (unpaired) electrons. The maximum Gasteiger partial charge on any atom is 0.271 e. The summed E-state index contributed by atoms with van der Waals surface area (Å²) < 4.78 is 5.30. The summed E-state index contributed by atoms with van der Waals surface area (Å²) in [5, 5.41) is 15.2. The van der Waals surface area contributed by atoms with Crippen LogP contribution >= 0.6 is 23.1 Å². The zero-order valence-corrected chi connectivity index (χ0v) is 11.6. The van der Waals surface area contributed by atoms with Gasteiger partial charge >= 0.3 is 0 Å². The summed E-state index contributed by atoms with van der Waals surface area (Å²) in [5.41, 5.74) is 0.